The van der Waals surface area contributed by atoms with E-state index in [0.29, 0.717) is 5.69 Å². The predicted octanol–water partition coefficient (Wildman–Crippen LogP) is 3.00. The highest BCUT2D eigenvalue weighted by molar-refractivity contribution is 5.85. The maximum atomic E-state index is 11.8. The first-order valence-corrected chi connectivity index (χ1v) is 6.94. The molecule has 0 unspecified atom stereocenters. The van der Waals surface area contributed by atoms with E-state index in [-0.39, 0.29) is 17.1 Å². The average Bonchev–Trinajstić information content (AvgIpc) is 2.88. The van der Waals surface area contributed by atoms with Crippen molar-refractivity contribution in [1.29, 1.82) is 5.26 Å². The predicted molar refractivity (Wildman–Crippen MR) is 84.8 cm³/mol. The number of anilines is 1. The Morgan fingerprint density at radius 2 is 2.00 bits per heavy atom. The zero-order valence-corrected chi connectivity index (χ0v) is 13.3. The lowest BCUT2D eigenvalue weighted by atomic mass is 10.2. The molecule has 0 radical (unpaired) electrons. The van der Waals surface area contributed by atoms with Gasteiger partial charge >= 0.3 is 6.09 Å². The van der Waals surface area contributed by atoms with Crippen molar-refractivity contribution in [3.05, 3.63) is 46.1 Å². The number of hydrogen-bond donors (Lipinski definition) is 1. The van der Waals surface area contributed by atoms with E-state index in [1.807, 2.05) is 6.07 Å². The van der Waals surface area contributed by atoms with Crippen molar-refractivity contribution < 1.29 is 14.5 Å². The van der Waals surface area contributed by atoms with Crippen LogP contribution in [0, 0.1) is 21.4 Å². The fourth-order valence-electron chi connectivity index (χ4n) is 1.81. The Labute approximate surface area is 137 Å². The molecule has 9 nitrogen and oxygen atoms in total. The van der Waals surface area contributed by atoms with Crippen LogP contribution in [0.15, 0.2) is 30.5 Å². The van der Waals surface area contributed by atoms with Crippen molar-refractivity contribution in [3.8, 4) is 11.8 Å². The molecule has 0 saturated heterocycles. The maximum Gasteiger partial charge on any atom is 0.413 e. The SMILES string of the molecule is CC(C)(C)OC(=O)Nc1nn(-c2ccc([N+](=O)[O-])cc2)cc1C#N. The Hall–Kier alpha value is -3.41. The lowest BCUT2D eigenvalue weighted by Gasteiger charge is -2.19. The van der Waals surface area contributed by atoms with Gasteiger partial charge in [-0.3, -0.25) is 15.4 Å². The third kappa shape index (κ3) is 4.07. The van der Waals surface area contributed by atoms with E-state index in [1.165, 1.54) is 35.1 Å². The van der Waals surface area contributed by atoms with E-state index in [9.17, 15) is 14.9 Å². The number of rotatable bonds is 3. The van der Waals surface area contributed by atoms with E-state index < -0.39 is 16.6 Å². The molecule has 2 aromatic rings. The number of nitriles is 1. The Kier molecular flexibility index (Phi) is 4.50. The molecule has 24 heavy (non-hydrogen) atoms. The van der Waals surface area contributed by atoms with Gasteiger partial charge in [0.25, 0.3) is 5.69 Å². The van der Waals surface area contributed by atoms with E-state index in [2.05, 4.69) is 10.4 Å². The largest absolute Gasteiger partial charge is 0.444 e. The number of nitro benzene ring substituents is 1. The number of ether oxygens (including phenoxy) is 1. The van der Waals surface area contributed by atoms with Crippen LogP contribution in [0.4, 0.5) is 16.3 Å². The van der Waals surface area contributed by atoms with Crippen molar-refractivity contribution >= 4 is 17.6 Å². The van der Waals surface area contributed by atoms with Gasteiger partial charge in [-0.15, -0.1) is 5.10 Å². The average molecular weight is 329 g/mol. The smallest absolute Gasteiger partial charge is 0.413 e. The summed E-state index contributed by atoms with van der Waals surface area (Å²) in [4.78, 5) is 22.0. The van der Waals surface area contributed by atoms with Gasteiger partial charge in [-0.2, -0.15) is 5.26 Å². The number of nitrogens with zero attached hydrogens (tertiary/aromatic N) is 4. The van der Waals surface area contributed by atoms with Crippen LogP contribution in [0.3, 0.4) is 0 Å². The molecule has 0 bridgehead atoms. The second kappa shape index (κ2) is 6.37. The molecule has 9 heteroatoms. The van der Waals surface area contributed by atoms with E-state index >= 15 is 0 Å². The first kappa shape index (κ1) is 17.0. The van der Waals surface area contributed by atoms with Gasteiger partial charge in [0.15, 0.2) is 5.82 Å². The van der Waals surface area contributed by atoms with E-state index in [1.54, 1.807) is 20.8 Å². The van der Waals surface area contributed by atoms with Gasteiger partial charge in [-0.25, -0.2) is 9.48 Å². The number of aromatic nitrogens is 2. The fourth-order valence-corrected chi connectivity index (χ4v) is 1.81. The van der Waals surface area contributed by atoms with Crippen LogP contribution in [-0.2, 0) is 4.74 Å². The molecule has 0 atom stereocenters. The van der Waals surface area contributed by atoms with Crippen LogP contribution in [0.2, 0.25) is 0 Å². The number of carbonyl (C=O) groups is 1. The molecule has 0 aliphatic heterocycles. The van der Waals surface area contributed by atoms with Gasteiger partial charge in [0.2, 0.25) is 0 Å². The fraction of sp³-hybridized carbons (Fsp3) is 0.267. The molecule has 1 amide bonds. The Morgan fingerprint density at radius 3 is 2.50 bits per heavy atom. The number of nitro groups is 1. The van der Waals surface area contributed by atoms with Crippen LogP contribution in [0.25, 0.3) is 5.69 Å². The molecule has 0 saturated carbocycles. The summed E-state index contributed by atoms with van der Waals surface area (Å²) in [6.07, 6.45) is 0.682. The highest BCUT2D eigenvalue weighted by Gasteiger charge is 2.19. The maximum absolute atomic E-state index is 11.8. The van der Waals surface area contributed by atoms with Crippen LogP contribution >= 0.6 is 0 Å². The van der Waals surface area contributed by atoms with Crippen LogP contribution < -0.4 is 5.32 Å². The number of carbonyl (C=O) groups excluding carboxylic acids is 1. The molecule has 0 spiro atoms. The molecule has 1 N–H and O–H groups in total. The third-order valence-electron chi connectivity index (χ3n) is 2.78. The molecular formula is C15H15N5O4. The molecule has 1 heterocycles. The monoisotopic (exact) mass is 329 g/mol. The van der Waals surface area contributed by atoms with Crippen molar-refractivity contribution in [2.75, 3.05) is 5.32 Å². The third-order valence-corrected chi connectivity index (χ3v) is 2.78. The van der Waals surface area contributed by atoms with Gasteiger partial charge in [0.05, 0.1) is 16.8 Å². The molecular weight excluding hydrogens is 314 g/mol. The summed E-state index contributed by atoms with van der Waals surface area (Å²) in [5.74, 6) is 0.0464. The normalized spacial score (nSPS) is 10.8. The zero-order valence-electron chi connectivity index (χ0n) is 13.3. The van der Waals surface area contributed by atoms with Gasteiger partial charge in [0, 0.05) is 12.1 Å². The highest BCUT2D eigenvalue weighted by atomic mass is 16.6. The molecule has 0 aliphatic rings. The van der Waals surface area contributed by atoms with Crippen molar-refractivity contribution in [2.45, 2.75) is 26.4 Å². The lowest BCUT2D eigenvalue weighted by molar-refractivity contribution is -0.384. The Morgan fingerprint density at radius 1 is 1.38 bits per heavy atom. The number of non-ortho nitro benzene ring substituents is 1. The van der Waals surface area contributed by atoms with Crippen molar-refractivity contribution in [2.24, 2.45) is 0 Å². The molecule has 1 aromatic heterocycles. The van der Waals surface area contributed by atoms with Crippen molar-refractivity contribution in [3.63, 3.8) is 0 Å². The summed E-state index contributed by atoms with van der Waals surface area (Å²) < 4.78 is 6.46. The second-order valence-electron chi connectivity index (χ2n) is 5.85. The van der Waals surface area contributed by atoms with Crippen LogP contribution in [0.1, 0.15) is 26.3 Å². The molecule has 2 rings (SSSR count). The summed E-state index contributed by atoms with van der Waals surface area (Å²) in [5, 5.41) is 26.3. The minimum Gasteiger partial charge on any atom is -0.444 e. The lowest BCUT2D eigenvalue weighted by Crippen LogP contribution is -2.27. The minimum atomic E-state index is -0.729. The summed E-state index contributed by atoms with van der Waals surface area (Å²) in [7, 11) is 0. The minimum absolute atomic E-state index is 0.0464. The number of benzene rings is 1. The van der Waals surface area contributed by atoms with Crippen molar-refractivity contribution in [1.82, 2.24) is 9.78 Å². The Balaban J connectivity index is 2.25. The van der Waals surface area contributed by atoms with Gasteiger partial charge in [-0.05, 0) is 32.9 Å². The van der Waals surface area contributed by atoms with Gasteiger partial charge in [-0.1, -0.05) is 0 Å². The summed E-state index contributed by atoms with van der Waals surface area (Å²) in [6.45, 7) is 5.15. The van der Waals surface area contributed by atoms with Gasteiger partial charge < -0.3 is 4.74 Å². The summed E-state index contributed by atoms with van der Waals surface area (Å²) in [5.41, 5.74) is -0.0928. The quantitative estimate of drug-likeness (QED) is 0.682. The number of hydrogen-bond acceptors (Lipinski definition) is 6. The zero-order chi connectivity index (χ0) is 17.9. The van der Waals surface area contributed by atoms with Crippen LogP contribution in [-0.4, -0.2) is 26.4 Å². The number of amides is 1. The van der Waals surface area contributed by atoms with E-state index in [0.717, 1.165) is 0 Å². The molecule has 1 aromatic carbocycles. The number of nitrogens with one attached hydrogen (secondary N) is 1. The second-order valence-corrected chi connectivity index (χ2v) is 5.85. The molecule has 0 fully saturated rings. The topological polar surface area (TPSA) is 123 Å². The van der Waals surface area contributed by atoms with Gasteiger partial charge in [0.1, 0.15) is 17.2 Å². The first-order chi connectivity index (χ1) is 11.2. The first-order valence-electron chi connectivity index (χ1n) is 6.94. The molecule has 0 aliphatic carbocycles. The van der Waals surface area contributed by atoms with E-state index in [4.69, 9.17) is 10.00 Å². The standard InChI is InChI=1S/C15H15N5O4/c1-15(2,3)24-14(21)17-13-10(8-16)9-19(18-13)11-4-6-12(7-5-11)20(22)23/h4-7,9H,1-3H3,(H,17,18,21). The van der Waals surface area contributed by atoms with Crippen LogP contribution in [0.5, 0.6) is 0 Å². The molecule has 124 valence electrons. The summed E-state index contributed by atoms with van der Waals surface area (Å²) >= 11 is 0. The summed E-state index contributed by atoms with van der Waals surface area (Å²) in [6, 6.07) is 7.55. The Bertz CT molecular complexity index is 812. The highest BCUT2D eigenvalue weighted by Crippen LogP contribution is 2.19.